The minimum Gasteiger partial charge on any atom is -0.494 e. The molecule has 0 aromatic heterocycles. The molecule has 2 rings (SSSR count). The third-order valence-corrected chi connectivity index (χ3v) is 3.02. The highest BCUT2D eigenvalue weighted by Gasteiger charge is 2.11. The topological polar surface area (TPSA) is 30.5 Å². The quantitative estimate of drug-likeness (QED) is 0.829. The minimum atomic E-state index is 0.123. The average Bonchev–Trinajstić information content (AvgIpc) is 2.48. The molecule has 0 amide bonds. The van der Waals surface area contributed by atoms with Crippen LogP contribution in [0.1, 0.15) is 18.5 Å². The molecule has 0 radical (unpaired) electrons. The summed E-state index contributed by atoms with van der Waals surface area (Å²) in [4.78, 5) is 0. The van der Waals surface area contributed by atoms with Gasteiger partial charge in [-0.1, -0.05) is 36.4 Å². The fourth-order valence-electron chi connectivity index (χ4n) is 2.12. The normalized spacial score (nSPS) is 11.9. The summed E-state index contributed by atoms with van der Waals surface area (Å²) >= 11 is 0. The van der Waals surface area contributed by atoms with Gasteiger partial charge in [0.2, 0.25) is 0 Å². The molecule has 2 aromatic carbocycles. The second-order valence-electron chi connectivity index (χ2n) is 4.52. The second kappa shape index (κ2) is 7.56. The third-order valence-electron chi connectivity index (χ3n) is 3.02. The number of hydrogen-bond acceptors (Lipinski definition) is 3. The molecule has 0 heterocycles. The maximum Gasteiger partial charge on any atom is 0.121 e. The van der Waals surface area contributed by atoms with Gasteiger partial charge in [-0.15, -0.1) is 0 Å². The molecule has 0 aliphatic heterocycles. The van der Waals surface area contributed by atoms with Crippen LogP contribution in [0.3, 0.4) is 0 Å². The van der Waals surface area contributed by atoms with Gasteiger partial charge in [0.25, 0.3) is 0 Å². The third kappa shape index (κ3) is 4.00. The van der Waals surface area contributed by atoms with Crippen molar-refractivity contribution in [2.45, 2.75) is 13.0 Å². The fourth-order valence-corrected chi connectivity index (χ4v) is 2.12. The van der Waals surface area contributed by atoms with Gasteiger partial charge in [0.15, 0.2) is 0 Å². The van der Waals surface area contributed by atoms with Crippen molar-refractivity contribution in [1.29, 1.82) is 0 Å². The van der Waals surface area contributed by atoms with Crippen molar-refractivity contribution >= 4 is 5.69 Å². The minimum absolute atomic E-state index is 0.123. The lowest BCUT2D eigenvalue weighted by Crippen LogP contribution is -2.16. The number of ether oxygens (including phenoxy) is 2. The number of hydrogen-bond donors (Lipinski definition) is 1. The van der Waals surface area contributed by atoms with E-state index in [0.717, 1.165) is 11.4 Å². The van der Waals surface area contributed by atoms with E-state index in [4.69, 9.17) is 9.47 Å². The van der Waals surface area contributed by atoms with Crippen LogP contribution in [0.15, 0.2) is 54.6 Å². The number of benzene rings is 2. The summed E-state index contributed by atoms with van der Waals surface area (Å²) in [7, 11) is 1.72. The van der Waals surface area contributed by atoms with Crippen molar-refractivity contribution in [3.63, 3.8) is 0 Å². The molecule has 2 aromatic rings. The number of rotatable bonds is 7. The van der Waals surface area contributed by atoms with Gasteiger partial charge in [0, 0.05) is 18.9 Å². The van der Waals surface area contributed by atoms with E-state index in [-0.39, 0.29) is 6.04 Å². The highest BCUT2D eigenvalue weighted by molar-refractivity contribution is 5.50. The van der Waals surface area contributed by atoms with Crippen molar-refractivity contribution < 1.29 is 9.47 Å². The zero-order chi connectivity index (χ0) is 14.2. The number of methoxy groups -OCH3 is 1. The Hall–Kier alpha value is -2.00. The van der Waals surface area contributed by atoms with Crippen LogP contribution in [0, 0.1) is 0 Å². The Morgan fingerprint density at radius 2 is 1.85 bits per heavy atom. The molecular weight excluding hydrogens is 250 g/mol. The first kappa shape index (κ1) is 14.4. The lowest BCUT2D eigenvalue weighted by Gasteiger charge is -2.20. The lowest BCUT2D eigenvalue weighted by molar-refractivity contribution is 0.186. The standard InChI is InChI=1S/C17H21NO2/c1-3-20-16-11-7-10-15(12-16)18-17(13-19-2)14-8-5-4-6-9-14/h4-12,17-18H,3,13H2,1-2H3. The van der Waals surface area contributed by atoms with E-state index >= 15 is 0 Å². The van der Waals surface area contributed by atoms with Crippen molar-refractivity contribution in [2.24, 2.45) is 0 Å². The van der Waals surface area contributed by atoms with E-state index in [0.29, 0.717) is 13.2 Å². The van der Waals surface area contributed by atoms with E-state index in [2.05, 4.69) is 17.4 Å². The molecule has 0 saturated carbocycles. The Kier molecular flexibility index (Phi) is 5.44. The molecule has 106 valence electrons. The van der Waals surface area contributed by atoms with Crippen molar-refractivity contribution in [3.8, 4) is 5.75 Å². The van der Waals surface area contributed by atoms with Crippen LogP contribution in [0.4, 0.5) is 5.69 Å². The van der Waals surface area contributed by atoms with Gasteiger partial charge in [0.05, 0.1) is 19.3 Å². The molecule has 0 aliphatic carbocycles. The molecule has 0 fully saturated rings. The SMILES string of the molecule is CCOc1cccc(NC(COC)c2ccccc2)c1. The summed E-state index contributed by atoms with van der Waals surface area (Å²) < 4.78 is 10.8. The Labute approximate surface area is 120 Å². The second-order valence-corrected chi connectivity index (χ2v) is 4.52. The molecule has 1 N–H and O–H groups in total. The molecule has 3 nitrogen and oxygen atoms in total. The van der Waals surface area contributed by atoms with E-state index in [1.54, 1.807) is 7.11 Å². The lowest BCUT2D eigenvalue weighted by atomic mass is 10.1. The molecule has 0 bridgehead atoms. The highest BCUT2D eigenvalue weighted by Crippen LogP contribution is 2.23. The number of nitrogens with one attached hydrogen (secondary N) is 1. The number of anilines is 1. The first-order valence-corrected chi connectivity index (χ1v) is 6.86. The fraction of sp³-hybridized carbons (Fsp3) is 0.294. The Morgan fingerprint density at radius 3 is 2.55 bits per heavy atom. The predicted molar refractivity (Wildman–Crippen MR) is 82.3 cm³/mol. The van der Waals surface area contributed by atoms with Gasteiger partial charge in [-0.3, -0.25) is 0 Å². The first-order valence-electron chi connectivity index (χ1n) is 6.86. The summed E-state index contributed by atoms with van der Waals surface area (Å²) in [6, 6.07) is 18.4. The van der Waals surface area contributed by atoms with E-state index in [9.17, 15) is 0 Å². The average molecular weight is 271 g/mol. The summed E-state index contributed by atoms with van der Waals surface area (Å²) in [5, 5.41) is 3.49. The predicted octanol–water partition coefficient (Wildman–Crippen LogP) is 3.88. The van der Waals surface area contributed by atoms with Crippen LogP contribution in [0.5, 0.6) is 5.75 Å². The van der Waals surface area contributed by atoms with Gasteiger partial charge in [0.1, 0.15) is 5.75 Å². The molecular formula is C17H21NO2. The first-order chi connectivity index (χ1) is 9.83. The van der Waals surface area contributed by atoms with Crippen molar-refractivity contribution in [1.82, 2.24) is 0 Å². The van der Waals surface area contributed by atoms with E-state index in [1.807, 2.05) is 49.4 Å². The maximum atomic E-state index is 5.52. The Bertz CT molecular complexity index is 513. The molecule has 0 aliphatic rings. The van der Waals surface area contributed by atoms with Crippen LogP contribution in [0.25, 0.3) is 0 Å². The summed E-state index contributed by atoms with van der Waals surface area (Å²) in [6.45, 7) is 3.27. The monoisotopic (exact) mass is 271 g/mol. The molecule has 0 saturated heterocycles. The smallest absolute Gasteiger partial charge is 0.121 e. The largest absolute Gasteiger partial charge is 0.494 e. The van der Waals surface area contributed by atoms with Gasteiger partial charge in [-0.25, -0.2) is 0 Å². The zero-order valence-electron chi connectivity index (χ0n) is 12.0. The molecule has 1 unspecified atom stereocenters. The molecule has 1 atom stereocenters. The Morgan fingerprint density at radius 1 is 1.05 bits per heavy atom. The Balaban J connectivity index is 2.14. The van der Waals surface area contributed by atoms with Crippen molar-refractivity contribution in [2.75, 3.05) is 25.6 Å². The summed E-state index contributed by atoms with van der Waals surface area (Å²) in [5.41, 5.74) is 2.23. The van der Waals surface area contributed by atoms with Gasteiger partial charge in [-0.2, -0.15) is 0 Å². The summed E-state index contributed by atoms with van der Waals surface area (Å²) in [6.07, 6.45) is 0. The van der Waals surface area contributed by atoms with E-state index < -0.39 is 0 Å². The molecule has 20 heavy (non-hydrogen) atoms. The molecule has 0 spiro atoms. The van der Waals surface area contributed by atoms with Gasteiger partial charge in [-0.05, 0) is 24.6 Å². The van der Waals surface area contributed by atoms with E-state index in [1.165, 1.54) is 5.56 Å². The van der Waals surface area contributed by atoms with Crippen molar-refractivity contribution in [3.05, 3.63) is 60.2 Å². The van der Waals surface area contributed by atoms with Gasteiger partial charge < -0.3 is 14.8 Å². The van der Waals surface area contributed by atoms with Crippen LogP contribution in [-0.2, 0) is 4.74 Å². The van der Waals surface area contributed by atoms with Crippen LogP contribution >= 0.6 is 0 Å². The van der Waals surface area contributed by atoms with Crippen LogP contribution in [-0.4, -0.2) is 20.3 Å². The maximum absolute atomic E-state index is 5.52. The van der Waals surface area contributed by atoms with Gasteiger partial charge >= 0.3 is 0 Å². The molecule has 3 heteroatoms. The highest BCUT2D eigenvalue weighted by atomic mass is 16.5. The zero-order valence-corrected chi connectivity index (χ0v) is 12.0. The van der Waals surface area contributed by atoms with Crippen LogP contribution in [0.2, 0.25) is 0 Å². The van der Waals surface area contributed by atoms with Crippen LogP contribution < -0.4 is 10.1 Å². The summed E-state index contributed by atoms with van der Waals surface area (Å²) in [5.74, 6) is 0.877.